The quantitative estimate of drug-likeness (QED) is 0.723. The number of carbonyl (C=O) groups is 1. The number of furan rings is 1. The Kier molecular flexibility index (Phi) is 4.30. The van der Waals surface area contributed by atoms with Crippen LogP contribution >= 0.6 is 23.1 Å². The lowest BCUT2D eigenvalue weighted by molar-refractivity contribution is -0.113. The smallest absolute Gasteiger partial charge is 0.271 e. The number of rotatable bonds is 4. The summed E-state index contributed by atoms with van der Waals surface area (Å²) >= 11 is 2.88. The van der Waals surface area contributed by atoms with Crippen LogP contribution in [0.1, 0.15) is 24.6 Å². The Bertz CT molecular complexity index is 1050. The van der Waals surface area contributed by atoms with E-state index >= 15 is 0 Å². The summed E-state index contributed by atoms with van der Waals surface area (Å²) < 4.78 is 8.88. The van der Waals surface area contributed by atoms with Gasteiger partial charge in [-0.3, -0.25) is 19.1 Å². The van der Waals surface area contributed by atoms with Gasteiger partial charge in [-0.2, -0.15) is 0 Å². The number of carbonyl (C=O) groups excluding carboxylic acids is 1. The Morgan fingerprint density at radius 1 is 1.30 bits per heavy atom. The monoisotopic (exact) mass is 402 g/mol. The molecule has 0 radical (unpaired) electrons. The van der Waals surface area contributed by atoms with Gasteiger partial charge in [-0.25, -0.2) is 4.98 Å². The molecule has 5 rings (SSSR count). The van der Waals surface area contributed by atoms with E-state index in [-0.39, 0.29) is 17.5 Å². The van der Waals surface area contributed by atoms with Gasteiger partial charge in [0.25, 0.3) is 5.56 Å². The molecule has 2 aliphatic heterocycles. The van der Waals surface area contributed by atoms with Gasteiger partial charge in [0.2, 0.25) is 5.91 Å². The van der Waals surface area contributed by atoms with Crippen LogP contribution in [0.4, 0.5) is 5.69 Å². The molecule has 1 atom stereocenters. The van der Waals surface area contributed by atoms with Crippen LogP contribution in [-0.4, -0.2) is 39.2 Å². The van der Waals surface area contributed by atoms with Gasteiger partial charge in [-0.1, -0.05) is 0 Å². The van der Waals surface area contributed by atoms with E-state index in [1.807, 2.05) is 12.1 Å². The Balaban J connectivity index is 1.53. The summed E-state index contributed by atoms with van der Waals surface area (Å²) in [4.78, 5) is 31.7. The molecule has 0 bridgehead atoms. The second-order valence-electron chi connectivity index (χ2n) is 6.76. The minimum Gasteiger partial charge on any atom is -0.468 e. The molecule has 7 nitrogen and oxygen atoms in total. The van der Waals surface area contributed by atoms with Gasteiger partial charge >= 0.3 is 0 Å². The molecular formula is C18H18N4O3S2. The van der Waals surface area contributed by atoms with E-state index in [0.29, 0.717) is 28.2 Å². The van der Waals surface area contributed by atoms with Crippen molar-refractivity contribution < 1.29 is 9.21 Å². The summed E-state index contributed by atoms with van der Waals surface area (Å²) in [5, 5.41) is 2.85. The molecule has 1 saturated heterocycles. The van der Waals surface area contributed by atoms with Crippen molar-refractivity contribution in [1.29, 1.82) is 0 Å². The first-order chi connectivity index (χ1) is 13.2. The molecular weight excluding hydrogens is 384 g/mol. The highest BCUT2D eigenvalue weighted by Crippen LogP contribution is 2.42. The number of aromatic nitrogens is 2. The summed E-state index contributed by atoms with van der Waals surface area (Å²) in [5.74, 6) is 1.20. The first-order valence-electron chi connectivity index (χ1n) is 8.93. The minimum absolute atomic E-state index is 0.0168. The lowest BCUT2D eigenvalue weighted by Crippen LogP contribution is -2.32. The standard InChI is InChI=1S/C18H18N4O3S2/c23-13-9-26-18-15(20-13)14-16(27-18)17(24)22(10-19-14)8-11(12-4-3-7-25-12)21-5-1-2-6-21/h3-4,7,10-11H,1-2,5-6,8-9H2,(H,20,23). The summed E-state index contributed by atoms with van der Waals surface area (Å²) in [7, 11) is 0. The predicted octanol–water partition coefficient (Wildman–Crippen LogP) is 2.93. The first kappa shape index (κ1) is 17.0. The molecule has 1 N–H and O–H groups in total. The Morgan fingerprint density at radius 2 is 2.15 bits per heavy atom. The molecule has 1 unspecified atom stereocenters. The van der Waals surface area contributed by atoms with E-state index in [2.05, 4.69) is 15.2 Å². The Hall–Kier alpha value is -2.10. The average Bonchev–Trinajstić information content (AvgIpc) is 3.42. The van der Waals surface area contributed by atoms with E-state index in [4.69, 9.17) is 4.42 Å². The number of nitrogens with zero attached hydrogens (tertiary/aromatic N) is 3. The van der Waals surface area contributed by atoms with Crippen molar-refractivity contribution in [2.45, 2.75) is 29.6 Å². The van der Waals surface area contributed by atoms with Crippen molar-refractivity contribution >= 4 is 44.9 Å². The predicted molar refractivity (Wildman–Crippen MR) is 105 cm³/mol. The number of nitrogens with one attached hydrogen (secondary N) is 1. The lowest BCUT2D eigenvalue weighted by atomic mass is 10.2. The van der Waals surface area contributed by atoms with E-state index in [9.17, 15) is 9.59 Å². The summed E-state index contributed by atoms with van der Waals surface area (Å²) in [6.45, 7) is 2.51. The zero-order valence-electron chi connectivity index (χ0n) is 14.5. The van der Waals surface area contributed by atoms with Crippen LogP contribution in [0.5, 0.6) is 0 Å². The molecule has 2 aliphatic rings. The number of amides is 1. The second-order valence-corrected chi connectivity index (χ2v) is 9.02. The molecule has 140 valence electrons. The normalized spacial score (nSPS) is 18.6. The van der Waals surface area contributed by atoms with Crippen LogP contribution in [0, 0.1) is 0 Å². The van der Waals surface area contributed by atoms with Crippen LogP contribution in [0.25, 0.3) is 10.2 Å². The van der Waals surface area contributed by atoms with Gasteiger partial charge in [-0.15, -0.1) is 23.1 Å². The fourth-order valence-electron chi connectivity index (χ4n) is 3.74. The third-order valence-corrected chi connectivity index (χ3v) is 7.49. The maximum Gasteiger partial charge on any atom is 0.271 e. The first-order valence-corrected chi connectivity index (χ1v) is 10.7. The zero-order valence-corrected chi connectivity index (χ0v) is 16.1. The molecule has 5 heterocycles. The van der Waals surface area contributed by atoms with Crippen molar-refractivity contribution in [2.24, 2.45) is 0 Å². The molecule has 0 aliphatic carbocycles. The number of hydrogen-bond donors (Lipinski definition) is 1. The zero-order chi connectivity index (χ0) is 18.4. The van der Waals surface area contributed by atoms with Crippen LogP contribution in [-0.2, 0) is 11.3 Å². The largest absolute Gasteiger partial charge is 0.468 e. The van der Waals surface area contributed by atoms with Crippen LogP contribution in [0.15, 0.2) is 38.1 Å². The maximum absolute atomic E-state index is 13.1. The number of anilines is 1. The summed E-state index contributed by atoms with van der Waals surface area (Å²) in [6, 6.07) is 3.87. The minimum atomic E-state index is -0.0648. The topological polar surface area (TPSA) is 80.4 Å². The van der Waals surface area contributed by atoms with Gasteiger partial charge in [0.05, 0.1) is 34.3 Å². The molecule has 1 amide bonds. The average molecular weight is 403 g/mol. The summed E-state index contributed by atoms with van der Waals surface area (Å²) in [5.41, 5.74) is 1.21. The Morgan fingerprint density at radius 3 is 2.93 bits per heavy atom. The summed E-state index contributed by atoms with van der Waals surface area (Å²) in [6.07, 6.45) is 5.60. The number of likely N-dealkylation sites (tertiary alicyclic amines) is 1. The molecule has 0 saturated carbocycles. The number of fused-ring (bicyclic) bond motifs is 3. The third-order valence-electron chi connectivity index (χ3n) is 5.05. The number of thiophene rings is 1. The van der Waals surface area contributed by atoms with Gasteiger partial charge in [0.15, 0.2) is 0 Å². The highest BCUT2D eigenvalue weighted by molar-refractivity contribution is 8.02. The molecule has 1 fully saturated rings. The molecule has 3 aromatic heterocycles. The van der Waals surface area contributed by atoms with Gasteiger partial charge in [0, 0.05) is 6.54 Å². The van der Waals surface area contributed by atoms with Crippen molar-refractivity contribution in [3.8, 4) is 0 Å². The van der Waals surface area contributed by atoms with Gasteiger partial charge < -0.3 is 9.73 Å². The van der Waals surface area contributed by atoms with Gasteiger partial charge in [0.1, 0.15) is 16.0 Å². The van der Waals surface area contributed by atoms with Crippen LogP contribution < -0.4 is 10.9 Å². The van der Waals surface area contributed by atoms with Crippen LogP contribution in [0.2, 0.25) is 0 Å². The number of hydrogen-bond acceptors (Lipinski definition) is 7. The van der Waals surface area contributed by atoms with E-state index in [1.54, 1.807) is 17.2 Å². The fourth-order valence-corrected chi connectivity index (χ4v) is 5.92. The van der Waals surface area contributed by atoms with E-state index in [1.165, 1.54) is 23.1 Å². The van der Waals surface area contributed by atoms with E-state index in [0.717, 1.165) is 35.9 Å². The maximum atomic E-state index is 13.1. The van der Waals surface area contributed by atoms with Crippen molar-refractivity contribution in [3.63, 3.8) is 0 Å². The molecule has 0 aromatic carbocycles. The SMILES string of the molecule is O=C1CSc2sc3c(=O)n(CC(c4ccco4)N4CCCC4)cnc3c2N1. The van der Waals surface area contributed by atoms with E-state index < -0.39 is 0 Å². The highest BCUT2D eigenvalue weighted by atomic mass is 32.2. The van der Waals surface area contributed by atoms with Crippen molar-refractivity contribution in [2.75, 3.05) is 24.2 Å². The molecule has 3 aromatic rings. The third kappa shape index (κ3) is 2.99. The molecule has 0 spiro atoms. The Labute approximate surface area is 163 Å². The van der Waals surface area contributed by atoms with Crippen molar-refractivity contribution in [1.82, 2.24) is 14.5 Å². The van der Waals surface area contributed by atoms with Gasteiger partial charge in [-0.05, 0) is 38.1 Å². The fraction of sp³-hybridized carbons (Fsp3) is 0.389. The highest BCUT2D eigenvalue weighted by Gasteiger charge is 2.28. The lowest BCUT2D eigenvalue weighted by Gasteiger charge is -2.26. The molecule has 27 heavy (non-hydrogen) atoms. The van der Waals surface area contributed by atoms with Crippen LogP contribution in [0.3, 0.4) is 0 Å². The van der Waals surface area contributed by atoms with Crippen molar-refractivity contribution in [3.05, 3.63) is 40.8 Å². The second kappa shape index (κ2) is 6.81. The number of thioether (sulfide) groups is 1. The molecule has 9 heteroatoms.